The maximum Gasteiger partial charge on any atom is -0.000837 e. The lowest BCUT2D eigenvalue weighted by atomic mass is 10.00. The number of piperidine rings is 2. The van der Waals surface area contributed by atoms with Gasteiger partial charge in [0.05, 0.1) is 0 Å². The molecule has 2 unspecified atom stereocenters. The van der Waals surface area contributed by atoms with E-state index in [0.717, 1.165) is 11.8 Å². The van der Waals surface area contributed by atoms with Gasteiger partial charge in [0.25, 0.3) is 0 Å². The lowest BCUT2D eigenvalue weighted by Crippen LogP contribution is -2.36. The Morgan fingerprint density at radius 1 is 0.714 bits per heavy atom. The number of rotatable bonds is 10. The molecule has 2 heterocycles. The molecule has 0 aromatic heterocycles. The molecule has 2 atom stereocenters. The number of unbranched alkanes of at least 4 members (excludes halogenated alkanes) is 2. The Morgan fingerprint density at radius 2 is 1.24 bits per heavy atom. The average Bonchev–Trinajstić information content (AvgIpc) is 2.55. The summed E-state index contributed by atoms with van der Waals surface area (Å²) in [6, 6.07) is 0. The second-order valence-electron chi connectivity index (χ2n) is 6.89. The van der Waals surface area contributed by atoms with Crippen LogP contribution in [0.5, 0.6) is 0 Å². The van der Waals surface area contributed by atoms with Crippen LogP contribution in [0.25, 0.3) is 0 Å². The van der Waals surface area contributed by atoms with Crippen LogP contribution in [0.15, 0.2) is 0 Å². The molecule has 0 bridgehead atoms. The Kier molecular flexibility index (Phi) is 9.35. The van der Waals surface area contributed by atoms with E-state index in [9.17, 15) is 0 Å². The van der Waals surface area contributed by atoms with Gasteiger partial charge in [0.15, 0.2) is 0 Å². The Bertz CT molecular complexity index is 211. The maximum absolute atomic E-state index is 3.63. The number of hydrogen-bond donors (Lipinski definition) is 4. The topological polar surface area (TPSA) is 48.1 Å². The summed E-state index contributed by atoms with van der Waals surface area (Å²) in [6.45, 7) is 9.69. The van der Waals surface area contributed by atoms with Gasteiger partial charge in [-0.05, 0) is 103 Å². The van der Waals surface area contributed by atoms with Crippen molar-refractivity contribution in [3.8, 4) is 0 Å². The van der Waals surface area contributed by atoms with Crippen molar-refractivity contribution in [1.82, 2.24) is 21.3 Å². The van der Waals surface area contributed by atoms with Crippen molar-refractivity contribution in [2.75, 3.05) is 52.4 Å². The molecule has 21 heavy (non-hydrogen) atoms. The Hall–Kier alpha value is -0.160. The minimum atomic E-state index is 0.865. The lowest BCUT2D eigenvalue weighted by molar-refractivity contribution is 0.355. The SMILES string of the molecule is C(CCNCC1CCCNC1)CCNCC1CCCNC1. The third kappa shape index (κ3) is 8.15. The van der Waals surface area contributed by atoms with Gasteiger partial charge in [0.1, 0.15) is 0 Å². The van der Waals surface area contributed by atoms with Gasteiger partial charge in [-0.1, -0.05) is 6.42 Å². The van der Waals surface area contributed by atoms with Crippen LogP contribution < -0.4 is 21.3 Å². The minimum Gasteiger partial charge on any atom is -0.316 e. The van der Waals surface area contributed by atoms with Gasteiger partial charge in [0.2, 0.25) is 0 Å². The molecule has 4 nitrogen and oxygen atoms in total. The molecule has 0 aliphatic carbocycles. The van der Waals surface area contributed by atoms with Gasteiger partial charge in [-0.15, -0.1) is 0 Å². The van der Waals surface area contributed by atoms with Crippen molar-refractivity contribution in [2.24, 2.45) is 11.8 Å². The first kappa shape index (κ1) is 17.2. The molecule has 0 aromatic rings. The van der Waals surface area contributed by atoms with Crippen molar-refractivity contribution < 1.29 is 0 Å². The van der Waals surface area contributed by atoms with E-state index in [2.05, 4.69) is 21.3 Å². The standard InChI is InChI=1S/C17H36N4/c1(2-8-18-12-16-6-4-10-20-14-16)3-9-19-13-17-7-5-11-21-15-17/h16-21H,1-15H2. The smallest absolute Gasteiger partial charge is 0.000837 e. The quantitative estimate of drug-likeness (QED) is 0.460. The first-order valence-electron chi connectivity index (χ1n) is 9.28. The summed E-state index contributed by atoms with van der Waals surface area (Å²) in [7, 11) is 0. The van der Waals surface area contributed by atoms with Crippen molar-refractivity contribution in [3.63, 3.8) is 0 Å². The van der Waals surface area contributed by atoms with Crippen LogP contribution in [0.3, 0.4) is 0 Å². The summed E-state index contributed by atoms with van der Waals surface area (Å²) in [5, 5.41) is 14.2. The zero-order valence-corrected chi connectivity index (χ0v) is 13.8. The third-order valence-electron chi connectivity index (χ3n) is 4.87. The van der Waals surface area contributed by atoms with Gasteiger partial charge in [0, 0.05) is 0 Å². The molecule has 0 aromatic carbocycles. The van der Waals surface area contributed by atoms with E-state index >= 15 is 0 Å². The summed E-state index contributed by atoms with van der Waals surface area (Å²) < 4.78 is 0. The fourth-order valence-corrected chi connectivity index (χ4v) is 3.49. The van der Waals surface area contributed by atoms with E-state index in [1.165, 1.54) is 97.3 Å². The Balaban J connectivity index is 1.30. The summed E-state index contributed by atoms with van der Waals surface area (Å²) in [5.41, 5.74) is 0. The monoisotopic (exact) mass is 296 g/mol. The molecule has 0 saturated carbocycles. The van der Waals surface area contributed by atoms with E-state index in [0.29, 0.717) is 0 Å². The lowest BCUT2D eigenvalue weighted by Gasteiger charge is -2.23. The molecule has 4 N–H and O–H groups in total. The highest BCUT2D eigenvalue weighted by molar-refractivity contribution is 4.72. The fraction of sp³-hybridized carbons (Fsp3) is 1.00. The number of hydrogen-bond acceptors (Lipinski definition) is 4. The largest absolute Gasteiger partial charge is 0.316 e. The highest BCUT2D eigenvalue weighted by Gasteiger charge is 2.12. The molecule has 2 aliphatic rings. The van der Waals surface area contributed by atoms with E-state index in [-0.39, 0.29) is 0 Å². The van der Waals surface area contributed by atoms with Crippen LogP contribution in [0.2, 0.25) is 0 Å². The van der Waals surface area contributed by atoms with Crippen LogP contribution in [0.4, 0.5) is 0 Å². The molecule has 4 heteroatoms. The summed E-state index contributed by atoms with van der Waals surface area (Å²) in [5.74, 6) is 1.73. The molecule has 2 fully saturated rings. The fourth-order valence-electron chi connectivity index (χ4n) is 3.49. The molecule has 2 saturated heterocycles. The van der Waals surface area contributed by atoms with Crippen LogP contribution >= 0.6 is 0 Å². The van der Waals surface area contributed by atoms with Crippen molar-refractivity contribution in [3.05, 3.63) is 0 Å². The van der Waals surface area contributed by atoms with E-state index in [1.54, 1.807) is 0 Å². The maximum atomic E-state index is 3.63. The highest BCUT2D eigenvalue weighted by Crippen LogP contribution is 2.09. The zero-order chi connectivity index (χ0) is 14.6. The van der Waals surface area contributed by atoms with Gasteiger partial charge >= 0.3 is 0 Å². The van der Waals surface area contributed by atoms with Gasteiger partial charge in [-0.2, -0.15) is 0 Å². The zero-order valence-electron chi connectivity index (χ0n) is 13.8. The molecule has 0 spiro atoms. The predicted molar refractivity (Wildman–Crippen MR) is 90.8 cm³/mol. The first-order chi connectivity index (χ1) is 10.4. The van der Waals surface area contributed by atoms with Crippen LogP contribution in [-0.4, -0.2) is 52.4 Å². The molecule has 2 rings (SSSR count). The van der Waals surface area contributed by atoms with Crippen molar-refractivity contribution in [2.45, 2.75) is 44.9 Å². The molecule has 0 radical (unpaired) electrons. The van der Waals surface area contributed by atoms with E-state index in [1.807, 2.05) is 0 Å². The van der Waals surface area contributed by atoms with Gasteiger partial charge in [-0.3, -0.25) is 0 Å². The predicted octanol–water partition coefficient (Wildman–Crippen LogP) is 1.34. The molecule has 2 aliphatic heterocycles. The molecule has 0 amide bonds. The molecular weight excluding hydrogens is 260 g/mol. The molecular formula is C17H36N4. The average molecular weight is 297 g/mol. The van der Waals surface area contributed by atoms with Crippen LogP contribution in [-0.2, 0) is 0 Å². The van der Waals surface area contributed by atoms with E-state index in [4.69, 9.17) is 0 Å². The van der Waals surface area contributed by atoms with Crippen LogP contribution in [0.1, 0.15) is 44.9 Å². The third-order valence-corrected chi connectivity index (χ3v) is 4.87. The van der Waals surface area contributed by atoms with Crippen molar-refractivity contribution in [1.29, 1.82) is 0 Å². The van der Waals surface area contributed by atoms with Gasteiger partial charge < -0.3 is 21.3 Å². The summed E-state index contributed by atoms with van der Waals surface area (Å²) >= 11 is 0. The van der Waals surface area contributed by atoms with Crippen LogP contribution in [0, 0.1) is 11.8 Å². The number of nitrogens with one attached hydrogen (secondary N) is 4. The summed E-state index contributed by atoms with van der Waals surface area (Å²) in [6.07, 6.45) is 9.52. The summed E-state index contributed by atoms with van der Waals surface area (Å²) in [4.78, 5) is 0. The van der Waals surface area contributed by atoms with E-state index < -0.39 is 0 Å². The Labute approximate surface area is 131 Å². The normalized spacial score (nSPS) is 26.9. The highest BCUT2D eigenvalue weighted by atomic mass is 14.9. The minimum absolute atomic E-state index is 0.865. The molecule has 124 valence electrons. The second-order valence-corrected chi connectivity index (χ2v) is 6.89. The van der Waals surface area contributed by atoms with Gasteiger partial charge in [-0.25, -0.2) is 0 Å². The van der Waals surface area contributed by atoms with Crippen molar-refractivity contribution >= 4 is 0 Å². The Morgan fingerprint density at radius 3 is 1.67 bits per heavy atom. The first-order valence-corrected chi connectivity index (χ1v) is 9.28. The second kappa shape index (κ2) is 11.4.